The van der Waals surface area contributed by atoms with Gasteiger partial charge < -0.3 is 20.1 Å². The molecule has 1 saturated carbocycles. The molecule has 0 radical (unpaired) electrons. The first-order chi connectivity index (χ1) is 8.24. The molecule has 0 heterocycles. The van der Waals surface area contributed by atoms with Gasteiger partial charge in [0.05, 0.1) is 13.2 Å². The molecular formula is C13H28N2O2. The molecule has 102 valence electrons. The van der Waals surface area contributed by atoms with Crippen molar-refractivity contribution in [3.8, 4) is 0 Å². The molecule has 0 aliphatic heterocycles. The maximum Gasteiger partial charge on any atom is 0.0700 e. The van der Waals surface area contributed by atoms with Gasteiger partial charge in [0, 0.05) is 32.3 Å². The first-order valence-electron chi connectivity index (χ1n) is 6.76. The molecule has 0 spiro atoms. The van der Waals surface area contributed by atoms with E-state index < -0.39 is 0 Å². The summed E-state index contributed by atoms with van der Waals surface area (Å²) in [5, 5.41) is 0. The number of nitrogens with zero attached hydrogens (tertiary/aromatic N) is 1. The van der Waals surface area contributed by atoms with E-state index in [4.69, 9.17) is 15.2 Å². The van der Waals surface area contributed by atoms with Gasteiger partial charge >= 0.3 is 0 Å². The number of hydrogen-bond donors (Lipinski definition) is 1. The monoisotopic (exact) mass is 244 g/mol. The topological polar surface area (TPSA) is 47.7 Å². The fourth-order valence-corrected chi connectivity index (χ4v) is 2.39. The van der Waals surface area contributed by atoms with Crippen LogP contribution in [0, 0.1) is 0 Å². The molecule has 4 nitrogen and oxygen atoms in total. The molecule has 0 amide bonds. The van der Waals surface area contributed by atoms with Crippen LogP contribution in [-0.4, -0.2) is 57.5 Å². The van der Waals surface area contributed by atoms with E-state index in [0.717, 1.165) is 25.6 Å². The van der Waals surface area contributed by atoms with E-state index >= 15 is 0 Å². The lowest BCUT2D eigenvalue weighted by atomic mass is 9.91. The van der Waals surface area contributed by atoms with Gasteiger partial charge in [0.15, 0.2) is 0 Å². The smallest absolute Gasteiger partial charge is 0.0700 e. The third-order valence-electron chi connectivity index (χ3n) is 3.60. The number of methoxy groups -OCH3 is 1. The second-order valence-corrected chi connectivity index (χ2v) is 5.01. The van der Waals surface area contributed by atoms with Crippen molar-refractivity contribution >= 4 is 0 Å². The number of nitrogens with two attached hydrogens (primary N) is 1. The highest BCUT2D eigenvalue weighted by Gasteiger charge is 2.21. The van der Waals surface area contributed by atoms with E-state index in [9.17, 15) is 0 Å². The Hall–Kier alpha value is -0.160. The minimum atomic E-state index is 0.442. The number of ether oxygens (including phenoxy) is 2. The highest BCUT2D eigenvalue weighted by molar-refractivity contribution is 4.79. The van der Waals surface area contributed by atoms with Crippen molar-refractivity contribution in [1.82, 2.24) is 4.90 Å². The average Bonchev–Trinajstić information content (AvgIpc) is 2.34. The molecule has 4 heteroatoms. The van der Waals surface area contributed by atoms with Crippen LogP contribution in [0.1, 0.15) is 32.1 Å². The number of hydrogen-bond acceptors (Lipinski definition) is 4. The summed E-state index contributed by atoms with van der Waals surface area (Å²) in [6.07, 6.45) is 5.96. The Labute approximate surface area is 105 Å². The second kappa shape index (κ2) is 8.86. The summed E-state index contributed by atoms with van der Waals surface area (Å²) in [6, 6.07) is 1.17. The summed E-state index contributed by atoms with van der Waals surface area (Å²) >= 11 is 0. The first kappa shape index (κ1) is 14.9. The third-order valence-corrected chi connectivity index (χ3v) is 3.60. The summed E-state index contributed by atoms with van der Waals surface area (Å²) in [5.41, 5.74) is 5.91. The fourth-order valence-electron chi connectivity index (χ4n) is 2.39. The Morgan fingerprint density at radius 1 is 1.12 bits per heavy atom. The van der Waals surface area contributed by atoms with E-state index in [2.05, 4.69) is 11.9 Å². The van der Waals surface area contributed by atoms with Crippen molar-refractivity contribution in [3.05, 3.63) is 0 Å². The molecule has 0 aromatic rings. The standard InChI is InChI=1S/C13H28N2O2/c1-15(8-3-9-17-11-10-16-2)13-6-4-12(14)5-7-13/h12-13H,3-11,14H2,1-2H3. The summed E-state index contributed by atoms with van der Waals surface area (Å²) in [6.45, 7) is 3.35. The molecule has 2 N–H and O–H groups in total. The van der Waals surface area contributed by atoms with Crippen molar-refractivity contribution in [2.45, 2.75) is 44.2 Å². The molecular weight excluding hydrogens is 216 g/mol. The fraction of sp³-hybridized carbons (Fsp3) is 1.00. The Morgan fingerprint density at radius 2 is 1.82 bits per heavy atom. The molecule has 0 unspecified atom stereocenters. The van der Waals surface area contributed by atoms with Crippen LogP contribution in [0.25, 0.3) is 0 Å². The predicted molar refractivity (Wildman–Crippen MR) is 70.2 cm³/mol. The maximum atomic E-state index is 5.91. The third kappa shape index (κ3) is 6.36. The van der Waals surface area contributed by atoms with Crippen LogP contribution in [0.2, 0.25) is 0 Å². The summed E-state index contributed by atoms with van der Waals surface area (Å²) < 4.78 is 10.4. The molecule has 1 rings (SSSR count). The number of rotatable bonds is 8. The Morgan fingerprint density at radius 3 is 2.47 bits per heavy atom. The Bertz CT molecular complexity index is 182. The van der Waals surface area contributed by atoms with Crippen LogP contribution in [0.3, 0.4) is 0 Å². The Balaban J connectivity index is 1.99. The first-order valence-corrected chi connectivity index (χ1v) is 6.76. The molecule has 0 aromatic heterocycles. The van der Waals surface area contributed by atoms with Crippen molar-refractivity contribution in [2.24, 2.45) is 5.73 Å². The SMILES string of the molecule is COCCOCCCN(C)C1CCC(N)CC1. The van der Waals surface area contributed by atoms with Crippen LogP contribution in [-0.2, 0) is 9.47 Å². The average molecular weight is 244 g/mol. The van der Waals surface area contributed by atoms with Crippen molar-refractivity contribution in [3.63, 3.8) is 0 Å². The molecule has 0 aromatic carbocycles. The van der Waals surface area contributed by atoms with Crippen LogP contribution in [0.15, 0.2) is 0 Å². The normalized spacial score (nSPS) is 25.4. The molecule has 1 fully saturated rings. The van der Waals surface area contributed by atoms with Crippen LogP contribution >= 0.6 is 0 Å². The lowest BCUT2D eigenvalue weighted by Crippen LogP contribution is -2.39. The van der Waals surface area contributed by atoms with Crippen molar-refractivity contribution < 1.29 is 9.47 Å². The zero-order valence-corrected chi connectivity index (χ0v) is 11.4. The van der Waals surface area contributed by atoms with Gasteiger partial charge in [-0.05, 0) is 39.2 Å². The van der Waals surface area contributed by atoms with Gasteiger partial charge in [0.25, 0.3) is 0 Å². The maximum absolute atomic E-state index is 5.91. The Kier molecular flexibility index (Phi) is 7.77. The quantitative estimate of drug-likeness (QED) is 0.653. The van der Waals surface area contributed by atoms with Gasteiger partial charge in [-0.2, -0.15) is 0 Å². The van der Waals surface area contributed by atoms with Gasteiger partial charge in [-0.15, -0.1) is 0 Å². The summed E-state index contributed by atoms with van der Waals surface area (Å²) in [4.78, 5) is 2.46. The molecule has 0 atom stereocenters. The van der Waals surface area contributed by atoms with Crippen LogP contribution in [0.4, 0.5) is 0 Å². The minimum absolute atomic E-state index is 0.442. The van der Waals surface area contributed by atoms with Gasteiger partial charge in [0.1, 0.15) is 0 Å². The van der Waals surface area contributed by atoms with E-state index in [-0.39, 0.29) is 0 Å². The molecule has 1 aliphatic rings. The highest BCUT2D eigenvalue weighted by Crippen LogP contribution is 2.21. The van der Waals surface area contributed by atoms with E-state index in [1.54, 1.807) is 7.11 Å². The molecule has 1 aliphatic carbocycles. The lowest BCUT2D eigenvalue weighted by Gasteiger charge is -2.33. The van der Waals surface area contributed by atoms with E-state index in [0.29, 0.717) is 19.3 Å². The summed E-state index contributed by atoms with van der Waals surface area (Å²) in [5.74, 6) is 0. The molecule has 0 saturated heterocycles. The highest BCUT2D eigenvalue weighted by atomic mass is 16.5. The minimum Gasteiger partial charge on any atom is -0.382 e. The van der Waals surface area contributed by atoms with E-state index in [1.165, 1.54) is 25.7 Å². The van der Waals surface area contributed by atoms with Gasteiger partial charge in [-0.25, -0.2) is 0 Å². The van der Waals surface area contributed by atoms with Crippen LogP contribution < -0.4 is 5.73 Å². The molecule has 0 bridgehead atoms. The van der Waals surface area contributed by atoms with Gasteiger partial charge in [0.2, 0.25) is 0 Å². The zero-order valence-electron chi connectivity index (χ0n) is 11.4. The molecule has 17 heavy (non-hydrogen) atoms. The van der Waals surface area contributed by atoms with Gasteiger partial charge in [-0.1, -0.05) is 0 Å². The predicted octanol–water partition coefficient (Wildman–Crippen LogP) is 1.24. The van der Waals surface area contributed by atoms with Gasteiger partial charge in [-0.3, -0.25) is 0 Å². The van der Waals surface area contributed by atoms with Crippen LogP contribution in [0.5, 0.6) is 0 Å². The lowest BCUT2D eigenvalue weighted by molar-refractivity contribution is 0.0630. The largest absolute Gasteiger partial charge is 0.382 e. The second-order valence-electron chi connectivity index (χ2n) is 5.01. The van der Waals surface area contributed by atoms with Crippen molar-refractivity contribution in [2.75, 3.05) is 40.5 Å². The zero-order chi connectivity index (χ0) is 12.5. The summed E-state index contributed by atoms with van der Waals surface area (Å²) in [7, 11) is 3.92. The van der Waals surface area contributed by atoms with Crippen molar-refractivity contribution in [1.29, 1.82) is 0 Å². The van der Waals surface area contributed by atoms with E-state index in [1.807, 2.05) is 0 Å².